The highest BCUT2D eigenvalue weighted by Crippen LogP contribution is 2.38. The van der Waals surface area contributed by atoms with Crippen LogP contribution in [0, 0.1) is 13.8 Å². The van der Waals surface area contributed by atoms with Crippen LogP contribution in [0.15, 0.2) is 18.2 Å². The zero-order chi connectivity index (χ0) is 14.3. The van der Waals surface area contributed by atoms with E-state index in [0.29, 0.717) is 6.04 Å². The molecule has 2 bridgehead atoms. The number of hydrogen-bond donors (Lipinski definition) is 0. The van der Waals surface area contributed by atoms with Crippen LogP contribution < -0.4 is 4.74 Å². The van der Waals surface area contributed by atoms with E-state index >= 15 is 0 Å². The molecule has 2 nitrogen and oxygen atoms in total. The molecule has 1 aromatic rings. The second-order valence-corrected chi connectivity index (χ2v) is 6.35. The summed E-state index contributed by atoms with van der Waals surface area (Å²) in [4.78, 5) is 2.57. The fourth-order valence-electron chi connectivity index (χ4n) is 3.80. The fourth-order valence-corrected chi connectivity index (χ4v) is 3.80. The van der Waals surface area contributed by atoms with Crippen LogP contribution >= 0.6 is 0 Å². The molecule has 2 aliphatic rings. The quantitative estimate of drug-likeness (QED) is 0.807. The smallest absolute Gasteiger partial charge is 0.122 e. The van der Waals surface area contributed by atoms with Crippen molar-refractivity contribution < 1.29 is 4.74 Å². The van der Waals surface area contributed by atoms with E-state index in [4.69, 9.17) is 4.74 Å². The van der Waals surface area contributed by atoms with E-state index in [0.717, 1.165) is 11.8 Å². The van der Waals surface area contributed by atoms with Gasteiger partial charge in [0.1, 0.15) is 5.75 Å². The van der Waals surface area contributed by atoms with Gasteiger partial charge in [0.15, 0.2) is 0 Å². The van der Waals surface area contributed by atoms with Crippen LogP contribution in [0.4, 0.5) is 0 Å². The number of methoxy groups -OCH3 is 1. The summed E-state index contributed by atoms with van der Waals surface area (Å²) in [5.74, 6) is 1.000. The second-order valence-electron chi connectivity index (χ2n) is 6.35. The summed E-state index contributed by atoms with van der Waals surface area (Å²) in [5, 5.41) is 0. The van der Waals surface area contributed by atoms with Gasteiger partial charge in [0, 0.05) is 12.1 Å². The highest BCUT2D eigenvalue weighted by molar-refractivity contribution is 5.71. The van der Waals surface area contributed by atoms with Crippen LogP contribution in [0.1, 0.15) is 42.4 Å². The van der Waals surface area contributed by atoms with Gasteiger partial charge < -0.3 is 4.74 Å². The zero-order valence-electron chi connectivity index (χ0n) is 13.1. The zero-order valence-corrected chi connectivity index (χ0v) is 13.1. The average molecular weight is 271 g/mol. The molecule has 0 aliphatic carbocycles. The van der Waals surface area contributed by atoms with E-state index in [-0.39, 0.29) is 0 Å². The SMILES string of the molecule is COc1cc(C)c(C2=CC3CCCC(C2)N3C)cc1C. The highest BCUT2D eigenvalue weighted by Gasteiger charge is 2.31. The van der Waals surface area contributed by atoms with Gasteiger partial charge in [0.2, 0.25) is 0 Å². The maximum atomic E-state index is 5.43. The van der Waals surface area contributed by atoms with Crippen LogP contribution in [0.3, 0.4) is 0 Å². The number of fused-ring (bicyclic) bond motifs is 2. The fraction of sp³-hybridized carbons (Fsp3) is 0.556. The van der Waals surface area contributed by atoms with Crippen LogP contribution in [0.5, 0.6) is 5.75 Å². The predicted octanol–water partition coefficient (Wildman–Crippen LogP) is 3.95. The molecule has 2 heterocycles. The molecular weight excluding hydrogens is 246 g/mol. The Hall–Kier alpha value is -1.28. The second kappa shape index (κ2) is 5.25. The average Bonchev–Trinajstić information content (AvgIpc) is 2.41. The van der Waals surface area contributed by atoms with Crippen molar-refractivity contribution in [3.8, 4) is 5.75 Å². The molecule has 0 radical (unpaired) electrons. The molecule has 0 amide bonds. The first-order chi connectivity index (χ1) is 9.60. The molecule has 1 saturated heterocycles. The van der Waals surface area contributed by atoms with Crippen LogP contribution in [0.2, 0.25) is 0 Å². The molecule has 2 heteroatoms. The first kappa shape index (κ1) is 13.7. The van der Waals surface area contributed by atoms with E-state index in [1.165, 1.54) is 42.4 Å². The summed E-state index contributed by atoms with van der Waals surface area (Å²) in [6, 6.07) is 5.86. The van der Waals surface area contributed by atoms with E-state index in [2.05, 4.69) is 44.0 Å². The number of ether oxygens (including phenoxy) is 1. The molecular formula is C18H25NO. The number of aryl methyl sites for hydroxylation is 2. The van der Waals surface area contributed by atoms with Crippen LogP contribution in [-0.4, -0.2) is 31.1 Å². The molecule has 0 saturated carbocycles. The van der Waals surface area contributed by atoms with Crippen molar-refractivity contribution in [3.05, 3.63) is 34.9 Å². The largest absolute Gasteiger partial charge is 0.496 e. The summed E-state index contributed by atoms with van der Waals surface area (Å²) in [6.45, 7) is 4.34. The Labute approximate surface area is 122 Å². The molecule has 1 fully saturated rings. The predicted molar refractivity (Wildman–Crippen MR) is 84.3 cm³/mol. The van der Waals surface area contributed by atoms with E-state index in [1.54, 1.807) is 12.7 Å². The third kappa shape index (κ3) is 2.26. The first-order valence-corrected chi connectivity index (χ1v) is 7.68. The maximum Gasteiger partial charge on any atom is 0.122 e. The molecule has 3 rings (SSSR count). The van der Waals surface area contributed by atoms with Gasteiger partial charge >= 0.3 is 0 Å². The van der Waals surface area contributed by atoms with Gasteiger partial charge in [-0.2, -0.15) is 0 Å². The van der Waals surface area contributed by atoms with Crippen molar-refractivity contribution >= 4 is 5.57 Å². The summed E-state index contributed by atoms with van der Waals surface area (Å²) in [6.07, 6.45) is 7.73. The molecule has 2 aliphatic heterocycles. The Morgan fingerprint density at radius 3 is 2.65 bits per heavy atom. The van der Waals surface area contributed by atoms with Gasteiger partial charge in [-0.25, -0.2) is 0 Å². The topological polar surface area (TPSA) is 12.5 Å². The van der Waals surface area contributed by atoms with Gasteiger partial charge in [-0.15, -0.1) is 0 Å². The number of hydrogen-bond acceptors (Lipinski definition) is 2. The lowest BCUT2D eigenvalue weighted by molar-refractivity contribution is 0.137. The van der Waals surface area contributed by atoms with Crippen LogP contribution in [-0.2, 0) is 0 Å². The summed E-state index contributed by atoms with van der Waals surface area (Å²) in [5.41, 5.74) is 5.54. The Morgan fingerprint density at radius 2 is 1.95 bits per heavy atom. The number of nitrogens with zero attached hydrogens (tertiary/aromatic N) is 1. The maximum absolute atomic E-state index is 5.43. The van der Waals surface area contributed by atoms with Crippen molar-refractivity contribution in [2.45, 2.75) is 51.6 Å². The molecule has 2 unspecified atom stereocenters. The third-order valence-electron chi connectivity index (χ3n) is 5.07. The van der Waals surface area contributed by atoms with Gasteiger partial charge in [0.05, 0.1) is 7.11 Å². The van der Waals surface area contributed by atoms with E-state index in [1.807, 2.05) is 0 Å². The standard InChI is InChI=1S/C18H25NO/c1-12-9-18(20-4)13(2)8-17(12)14-10-15-6-5-7-16(11-14)19(15)3/h8-10,15-16H,5-7,11H2,1-4H3. The summed E-state index contributed by atoms with van der Waals surface area (Å²) in [7, 11) is 4.04. The molecule has 0 aromatic heterocycles. The molecule has 0 N–H and O–H groups in total. The Kier molecular flexibility index (Phi) is 3.59. The van der Waals surface area contributed by atoms with Gasteiger partial charge in [-0.1, -0.05) is 12.5 Å². The summed E-state index contributed by atoms with van der Waals surface area (Å²) >= 11 is 0. The number of benzene rings is 1. The van der Waals surface area contributed by atoms with E-state index in [9.17, 15) is 0 Å². The van der Waals surface area contributed by atoms with Crippen LogP contribution in [0.25, 0.3) is 5.57 Å². The van der Waals surface area contributed by atoms with Crippen molar-refractivity contribution in [2.24, 2.45) is 0 Å². The molecule has 20 heavy (non-hydrogen) atoms. The lowest BCUT2D eigenvalue weighted by Crippen LogP contribution is -2.45. The minimum atomic E-state index is 0.638. The Morgan fingerprint density at radius 1 is 1.15 bits per heavy atom. The Bertz CT molecular complexity index is 547. The van der Waals surface area contributed by atoms with Gasteiger partial charge in [-0.05, 0) is 74.6 Å². The molecule has 108 valence electrons. The van der Waals surface area contributed by atoms with Gasteiger partial charge in [0.25, 0.3) is 0 Å². The number of piperidine rings is 1. The molecule has 2 atom stereocenters. The molecule has 1 aromatic carbocycles. The number of likely N-dealkylation sites (N-methyl/N-ethyl adjacent to an activating group) is 1. The normalized spacial score (nSPS) is 26.3. The monoisotopic (exact) mass is 271 g/mol. The Balaban J connectivity index is 1.99. The van der Waals surface area contributed by atoms with Gasteiger partial charge in [-0.3, -0.25) is 4.90 Å². The highest BCUT2D eigenvalue weighted by atomic mass is 16.5. The lowest BCUT2D eigenvalue weighted by Gasteiger charge is -2.43. The summed E-state index contributed by atoms with van der Waals surface area (Å²) < 4.78 is 5.43. The first-order valence-electron chi connectivity index (χ1n) is 7.68. The van der Waals surface area contributed by atoms with E-state index < -0.39 is 0 Å². The van der Waals surface area contributed by atoms with Crippen molar-refractivity contribution in [3.63, 3.8) is 0 Å². The van der Waals surface area contributed by atoms with Crippen molar-refractivity contribution in [1.29, 1.82) is 0 Å². The van der Waals surface area contributed by atoms with Crippen molar-refractivity contribution in [2.75, 3.05) is 14.2 Å². The lowest BCUT2D eigenvalue weighted by atomic mass is 9.82. The minimum absolute atomic E-state index is 0.638. The van der Waals surface area contributed by atoms with Crippen molar-refractivity contribution in [1.82, 2.24) is 4.90 Å². The minimum Gasteiger partial charge on any atom is -0.496 e. The third-order valence-corrected chi connectivity index (χ3v) is 5.07. The molecule has 0 spiro atoms. The number of rotatable bonds is 2.